The number of benzene rings is 7. The Morgan fingerprint density at radius 3 is 1.76 bits per heavy atom. The summed E-state index contributed by atoms with van der Waals surface area (Å²) < 4.78 is 6.35. The van der Waals surface area contributed by atoms with Crippen molar-refractivity contribution in [2.24, 2.45) is 0 Å². The topological polar surface area (TPSA) is 12.5 Å². The van der Waals surface area contributed by atoms with Gasteiger partial charge in [-0.2, -0.15) is 0 Å². The highest BCUT2D eigenvalue weighted by atomic mass is 16.5. The largest absolute Gasteiger partial charge is 0.456 e. The summed E-state index contributed by atoms with van der Waals surface area (Å²) in [5.74, 6) is 1.81. The van der Waals surface area contributed by atoms with Gasteiger partial charge in [-0.1, -0.05) is 109 Å². The molecule has 0 fully saturated rings. The van der Waals surface area contributed by atoms with Crippen molar-refractivity contribution in [1.82, 2.24) is 0 Å². The zero-order valence-corrected chi connectivity index (χ0v) is 22.9. The van der Waals surface area contributed by atoms with E-state index in [1.807, 2.05) is 0 Å². The van der Waals surface area contributed by atoms with Crippen molar-refractivity contribution in [3.63, 3.8) is 0 Å². The first-order chi connectivity index (χ1) is 20.8. The van der Waals surface area contributed by atoms with Crippen LogP contribution in [0.1, 0.15) is 0 Å². The lowest BCUT2D eigenvalue weighted by atomic mass is 9.92. The van der Waals surface area contributed by atoms with Gasteiger partial charge in [0, 0.05) is 28.0 Å². The molecular formula is C40H27NO. The van der Waals surface area contributed by atoms with Crippen LogP contribution in [0.3, 0.4) is 0 Å². The Bertz CT molecular complexity index is 2040. The molecule has 0 unspecified atom stereocenters. The third kappa shape index (κ3) is 4.22. The predicted octanol–water partition coefficient (Wildman–Crippen LogP) is 11.4. The lowest BCUT2D eigenvalue weighted by molar-refractivity contribution is 0.487. The number of para-hydroxylation sites is 1. The highest BCUT2D eigenvalue weighted by molar-refractivity contribution is 6.04. The average molecular weight is 538 g/mol. The molecule has 42 heavy (non-hydrogen) atoms. The molecule has 0 bridgehead atoms. The quantitative estimate of drug-likeness (QED) is 0.216. The molecule has 0 spiro atoms. The highest BCUT2D eigenvalue weighted by Gasteiger charge is 2.20. The van der Waals surface area contributed by atoms with E-state index in [1.54, 1.807) is 0 Å². The Morgan fingerprint density at radius 1 is 0.357 bits per heavy atom. The van der Waals surface area contributed by atoms with Crippen molar-refractivity contribution in [3.8, 4) is 44.9 Å². The van der Waals surface area contributed by atoms with Crippen LogP contribution in [0.5, 0.6) is 11.5 Å². The minimum Gasteiger partial charge on any atom is -0.456 e. The molecule has 7 aromatic rings. The molecule has 0 radical (unpaired) electrons. The summed E-state index contributed by atoms with van der Waals surface area (Å²) in [4.78, 5) is 2.32. The maximum atomic E-state index is 6.35. The first-order valence-corrected chi connectivity index (χ1v) is 14.3. The lowest BCUT2D eigenvalue weighted by Crippen LogP contribution is -2.09. The summed E-state index contributed by atoms with van der Waals surface area (Å²) in [7, 11) is 0. The molecule has 0 atom stereocenters. The van der Waals surface area contributed by atoms with Gasteiger partial charge in [0.1, 0.15) is 11.5 Å². The van der Waals surface area contributed by atoms with E-state index >= 15 is 0 Å². The first kappa shape index (κ1) is 24.2. The summed E-state index contributed by atoms with van der Waals surface area (Å²) in [6.45, 7) is 0. The normalized spacial score (nSPS) is 11.5. The van der Waals surface area contributed by atoms with E-state index in [0.717, 1.165) is 45.3 Å². The van der Waals surface area contributed by atoms with Gasteiger partial charge in [0.15, 0.2) is 0 Å². The van der Waals surface area contributed by atoms with Crippen molar-refractivity contribution in [3.05, 3.63) is 164 Å². The van der Waals surface area contributed by atoms with Crippen LogP contribution in [0, 0.1) is 0 Å². The summed E-state index contributed by atoms with van der Waals surface area (Å²) in [5, 5.41) is 2.37. The van der Waals surface area contributed by atoms with Gasteiger partial charge in [0.25, 0.3) is 0 Å². The third-order valence-corrected chi connectivity index (χ3v) is 8.04. The predicted molar refractivity (Wildman–Crippen MR) is 175 cm³/mol. The fourth-order valence-electron chi connectivity index (χ4n) is 6.03. The molecule has 1 heterocycles. The fraction of sp³-hybridized carbons (Fsp3) is 0. The SMILES string of the molecule is c1ccc(-c2ccc(N(c3ccccc3)c3cccc(-c4ccc5c(c4)-c4cccc6cccc(c46)O5)c3)cc2)cc1. The Balaban J connectivity index is 1.21. The molecular weight excluding hydrogens is 510 g/mol. The average Bonchev–Trinajstić information content (AvgIpc) is 3.06. The van der Waals surface area contributed by atoms with Crippen LogP contribution in [0.4, 0.5) is 17.1 Å². The Labute approximate surface area is 245 Å². The zero-order chi connectivity index (χ0) is 27.9. The third-order valence-electron chi connectivity index (χ3n) is 8.04. The van der Waals surface area contributed by atoms with Crippen molar-refractivity contribution >= 4 is 27.8 Å². The van der Waals surface area contributed by atoms with E-state index in [0.29, 0.717) is 0 Å². The standard InChI is InChI=1S/C40H27NO/c1-3-10-28(11-4-1)29-20-23-34(24-21-29)41(33-15-5-2-6-16-33)35-17-7-14-31(26-35)32-22-25-38-37(27-32)36-18-8-12-30-13-9-19-39(42-38)40(30)36/h1-27H. The number of fused-ring (bicyclic) bond motifs is 2. The molecule has 0 saturated heterocycles. The number of nitrogens with zero attached hydrogens (tertiary/aromatic N) is 1. The van der Waals surface area contributed by atoms with E-state index in [4.69, 9.17) is 4.74 Å². The van der Waals surface area contributed by atoms with E-state index in [9.17, 15) is 0 Å². The van der Waals surface area contributed by atoms with Crippen LogP contribution in [-0.2, 0) is 0 Å². The highest BCUT2D eigenvalue weighted by Crippen LogP contribution is 2.47. The fourth-order valence-corrected chi connectivity index (χ4v) is 6.03. The van der Waals surface area contributed by atoms with Crippen LogP contribution in [0.25, 0.3) is 44.2 Å². The van der Waals surface area contributed by atoms with Gasteiger partial charge in [0.05, 0.1) is 0 Å². The van der Waals surface area contributed by atoms with Gasteiger partial charge >= 0.3 is 0 Å². The Hall–Kier alpha value is -5.60. The molecule has 0 saturated carbocycles. The van der Waals surface area contributed by atoms with E-state index in [-0.39, 0.29) is 0 Å². The minimum atomic E-state index is 0.894. The number of anilines is 3. The van der Waals surface area contributed by atoms with Crippen molar-refractivity contribution in [2.45, 2.75) is 0 Å². The van der Waals surface area contributed by atoms with Gasteiger partial charge in [-0.15, -0.1) is 0 Å². The van der Waals surface area contributed by atoms with Crippen LogP contribution in [0.15, 0.2) is 164 Å². The maximum absolute atomic E-state index is 6.35. The number of ether oxygens (including phenoxy) is 1. The lowest BCUT2D eigenvalue weighted by Gasteiger charge is -2.26. The molecule has 0 N–H and O–H groups in total. The van der Waals surface area contributed by atoms with Crippen LogP contribution < -0.4 is 9.64 Å². The van der Waals surface area contributed by atoms with Crippen molar-refractivity contribution in [1.29, 1.82) is 0 Å². The Morgan fingerprint density at radius 2 is 0.952 bits per heavy atom. The van der Waals surface area contributed by atoms with Gasteiger partial charge in [-0.25, -0.2) is 0 Å². The summed E-state index contributed by atoms with van der Waals surface area (Å²) >= 11 is 0. The number of hydrogen-bond donors (Lipinski definition) is 0. The molecule has 1 aliphatic rings. The molecule has 0 amide bonds. The van der Waals surface area contributed by atoms with Crippen LogP contribution in [0.2, 0.25) is 0 Å². The second kappa shape index (κ2) is 10.1. The minimum absolute atomic E-state index is 0.894. The molecule has 0 aliphatic carbocycles. The van der Waals surface area contributed by atoms with Crippen LogP contribution in [-0.4, -0.2) is 0 Å². The van der Waals surface area contributed by atoms with Crippen molar-refractivity contribution < 1.29 is 4.74 Å². The molecule has 1 aliphatic heterocycles. The zero-order valence-electron chi connectivity index (χ0n) is 22.9. The summed E-state index contributed by atoms with van der Waals surface area (Å²) in [6, 6.07) is 57.9. The van der Waals surface area contributed by atoms with E-state index < -0.39 is 0 Å². The van der Waals surface area contributed by atoms with E-state index in [2.05, 4.69) is 169 Å². The maximum Gasteiger partial charge on any atom is 0.135 e. The summed E-state index contributed by atoms with van der Waals surface area (Å²) in [6.07, 6.45) is 0. The van der Waals surface area contributed by atoms with Crippen molar-refractivity contribution in [2.75, 3.05) is 4.90 Å². The smallest absolute Gasteiger partial charge is 0.135 e. The molecule has 2 nitrogen and oxygen atoms in total. The van der Waals surface area contributed by atoms with Crippen LogP contribution >= 0.6 is 0 Å². The second-order valence-electron chi connectivity index (χ2n) is 10.6. The monoisotopic (exact) mass is 537 g/mol. The van der Waals surface area contributed by atoms with Gasteiger partial charge < -0.3 is 9.64 Å². The molecule has 8 rings (SSSR count). The van der Waals surface area contributed by atoms with Gasteiger partial charge in [-0.05, 0) is 87.8 Å². The Kier molecular flexibility index (Phi) is 5.82. The van der Waals surface area contributed by atoms with Gasteiger partial charge in [-0.3, -0.25) is 0 Å². The van der Waals surface area contributed by atoms with Gasteiger partial charge in [0.2, 0.25) is 0 Å². The van der Waals surface area contributed by atoms with E-state index in [1.165, 1.54) is 27.5 Å². The first-order valence-electron chi connectivity index (χ1n) is 14.3. The number of rotatable bonds is 5. The molecule has 0 aromatic heterocycles. The molecule has 198 valence electrons. The second-order valence-corrected chi connectivity index (χ2v) is 10.6. The molecule has 7 aromatic carbocycles. The molecule has 2 heteroatoms. The summed E-state index contributed by atoms with van der Waals surface area (Å²) in [5.41, 5.74) is 10.4. The number of hydrogen-bond acceptors (Lipinski definition) is 2.